The second-order valence-corrected chi connectivity index (χ2v) is 2.79. The Labute approximate surface area is 88.8 Å². The van der Waals surface area contributed by atoms with Crippen molar-refractivity contribution >= 4 is 5.97 Å². The van der Waals surface area contributed by atoms with Gasteiger partial charge in [0.25, 0.3) is 0 Å². The Kier molecular flexibility index (Phi) is 4.63. The first kappa shape index (κ1) is 11.5. The molecule has 0 saturated carbocycles. The molecule has 0 radical (unpaired) electrons. The Morgan fingerprint density at radius 1 is 1.33 bits per heavy atom. The summed E-state index contributed by atoms with van der Waals surface area (Å²) in [5.41, 5.74) is 0. The van der Waals surface area contributed by atoms with Crippen molar-refractivity contribution in [1.29, 1.82) is 0 Å². The predicted molar refractivity (Wildman–Crippen MR) is 55.1 cm³/mol. The van der Waals surface area contributed by atoms with Crippen molar-refractivity contribution in [2.24, 2.45) is 0 Å². The first-order valence-electron chi connectivity index (χ1n) is 4.68. The molecule has 0 N–H and O–H groups in total. The quantitative estimate of drug-likeness (QED) is 0.547. The molecule has 0 heterocycles. The molecular formula is C11H14O4. The number of benzene rings is 1. The van der Waals surface area contributed by atoms with Crippen LogP contribution in [0.5, 0.6) is 11.5 Å². The van der Waals surface area contributed by atoms with Gasteiger partial charge < -0.3 is 14.2 Å². The van der Waals surface area contributed by atoms with Crippen molar-refractivity contribution in [1.82, 2.24) is 0 Å². The molecule has 1 rings (SSSR count). The molecule has 0 aliphatic rings. The van der Waals surface area contributed by atoms with E-state index in [2.05, 4.69) is 0 Å². The highest BCUT2D eigenvalue weighted by molar-refractivity contribution is 5.73. The molecule has 1 aromatic carbocycles. The third kappa shape index (κ3) is 3.99. The van der Waals surface area contributed by atoms with Gasteiger partial charge >= 0.3 is 5.97 Å². The van der Waals surface area contributed by atoms with Gasteiger partial charge in [0, 0.05) is 12.7 Å². The van der Waals surface area contributed by atoms with E-state index in [0.29, 0.717) is 18.1 Å². The zero-order valence-corrected chi connectivity index (χ0v) is 8.86. The van der Waals surface area contributed by atoms with E-state index in [1.165, 1.54) is 0 Å². The number of hydrogen-bond donors (Lipinski definition) is 0. The second-order valence-electron chi connectivity index (χ2n) is 2.79. The summed E-state index contributed by atoms with van der Waals surface area (Å²) in [6.07, 6.45) is 0. The molecule has 0 aliphatic heterocycles. The minimum Gasteiger partial charge on any atom is -0.497 e. The van der Waals surface area contributed by atoms with Crippen molar-refractivity contribution in [3.05, 3.63) is 24.3 Å². The van der Waals surface area contributed by atoms with Gasteiger partial charge in [0.15, 0.2) is 0 Å². The number of carbonyl (C=O) groups is 1. The van der Waals surface area contributed by atoms with Crippen LogP contribution in [0.15, 0.2) is 24.3 Å². The number of ether oxygens (including phenoxy) is 3. The normalized spacial score (nSPS) is 9.73. The van der Waals surface area contributed by atoms with Crippen molar-refractivity contribution in [3.63, 3.8) is 0 Å². The summed E-state index contributed by atoms with van der Waals surface area (Å²) >= 11 is 0. The first-order valence-corrected chi connectivity index (χ1v) is 4.68. The summed E-state index contributed by atoms with van der Waals surface area (Å²) in [4.78, 5) is 11.2. The maximum absolute atomic E-state index is 11.2. The topological polar surface area (TPSA) is 44.8 Å². The summed E-state index contributed by atoms with van der Waals surface area (Å²) in [7, 11) is 1.56. The fourth-order valence-corrected chi connectivity index (χ4v) is 1.01. The smallest absolute Gasteiger partial charge is 0.337 e. The van der Waals surface area contributed by atoms with E-state index in [1.807, 2.05) is 6.92 Å². The monoisotopic (exact) mass is 210 g/mol. The molecule has 15 heavy (non-hydrogen) atoms. The van der Waals surface area contributed by atoms with Crippen LogP contribution in [-0.4, -0.2) is 26.3 Å². The van der Waals surface area contributed by atoms with Crippen LogP contribution in [0.1, 0.15) is 6.92 Å². The van der Waals surface area contributed by atoms with Gasteiger partial charge in [0.2, 0.25) is 0 Å². The molecule has 0 unspecified atom stereocenters. The Balaban J connectivity index is 2.52. The molecule has 1 aromatic rings. The zero-order valence-electron chi connectivity index (χ0n) is 8.86. The van der Waals surface area contributed by atoms with Gasteiger partial charge in [0.05, 0.1) is 7.11 Å². The van der Waals surface area contributed by atoms with Crippen LogP contribution in [0, 0.1) is 0 Å². The maximum Gasteiger partial charge on any atom is 0.337 e. The van der Waals surface area contributed by atoms with E-state index >= 15 is 0 Å². The van der Waals surface area contributed by atoms with E-state index in [-0.39, 0.29) is 6.61 Å². The van der Waals surface area contributed by atoms with Crippen molar-refractivity contribution in [2.45, 2.75) is 6.92 Å². The molecule has 0 aliphatic carbocycles. The largest absolute Gasteiger partial charge is 0.497 e. The lowest BCUT2D eigenvalue weighted by molar-refractivity contribution is -0.139. The highest BCUT2D eigenvalue weighted by Crippen LogP contribution is 2.18. The molecular weight excluding hydrogens is 196 g/mol. The number of methoxy groups -OCH3 is 1. The van der Waals surface area contributed by atoms with Gasteiger partial charge in [-0.1, -0.05) is 6.07 Å². The van der Waals surface area contributed by atoms with Crippen LogP contribution in [0.4, 0.5) is 0 Å². The predicted octanol–water partition coefficient (Wildman–Crippen LogP) is 1.64. The van der Waals surface area contributed by atoms with E-state index in [1.54, 1.807) is 31.4 Å². The Bertz CT molecular complexity index is 322. The van der Waals surface area contributed by atoms with E-state index in [4.69, 9.17) is 14.2 Å². The van der Waals surface area contributed by atoms with Crippen molar-refractivity contribution in [3.8, 4) is 11.5 Å². The minimum atomic E-state index is -0.412. The Morgan fingerprint density at radius 3 is 2.73 bits per heavy atom. The molecule has 4 heteroatoms. The number of carbonyl (C=O) groups excluding carboxylic acids is 1. The van der Waals surface area contributed by atoms with Crippen molar-refractivity contribution in [2.75, 3.05) is 20.3 Å². The van der Waals surface area contributed by atoms with Gasteiger partial charge in [-0.15, -0.1) is 0 Å². The fraction of sp³-hybridized carbons (Fsp3) is 0.364. The maximum atomic E-state index is 11.2. The summed E-state index contributed by atoms with van der Waals surface area (Å²) in [6, 6.07) is 6.86. The van der Waals surface area contributed by atoms with Crippen molar-refractivity contribution < 1.29 is 19.0 Å². The lowest BCUT2D eigenvalue weighted by atomic mass is 10.3. The number of hydrogen-bond acceptors (Lipinski definition) is 4. The molecule has 0 spiro atoms. The molecule has 0 atom stereocenters. The van der Waals surface area contributed by atoms with Crippen LogP contribution in [0.2, 0.25) is 0 Å². The third-order valence-corrected chi connectivity index (χ3v) is 1.70. The highest BCUT2D eigenvalue weighted by atomic mass is 16.6. The van der Waals surface area contributed by atoms with Crippen LogP contribution in [-0.2, 0) is 9.53 Å². The minimum absolute atomic E-state index is 0.0340. The SMILES string of the molecule is CCOCC(=O)Oc1cccc(OC)c1. The fourth-order valence-electron chi connectivity index (χ4n) is 1.01. The zero-order chi connectivity index (χ0) is 11.1. The molecule has 4 nitrogen and oxygen atoms in total. The van der Waals surface area contributed by atoms with Gasteiger partial charge in [0.1, 0.15) is 18.1 Å². The molecule has 0 bridgehead atoms. The van der Waals surface area contributed by atoms with E-state index < -0.39 is 5.97 Å². The molecule has 0 fully saturated rings. The highest BCUT2D eigenvalue weighted by Gasteiger charge is 2.04. The summed E-state index contributed by atoms with van der Waals surface area (Å²) in [6.45, 7) is 2.28. The molecule has 82 valence electrons. The summed E-state index contributed by atoms with van der Waals surface area (Å²) < 4.78 is 14.9. The van der Waals surface area contributed by atoms with E-state index in [9.17, 15) is 4.79 Å². The van der Waals surface area contributed by atoms with Gasteiger partial charge in [-0.05, 0) is 19.1 Å². The average molecular weight is 210 g/mol. The Morgan fingerprint density at radius 2 is 2.07 bits per heavy atom. The van der Waals surface area contributed by atoms with Crippen LogP contribution >= 0.6 is 0 Å². The van der Waals surface area contributed by atoms with Gasteiger partial charge in [-0.25, -0.2) is 4.79 Å². The van der Waals surface area contributed by atoms with Gasteiger partial charge in [-0.3, -0.25) is 0 Å². The number of rotatable bonds is 5. The lowest BCUT2D eigenvalue weighted by Gasteiger charge is -2.05. The Hall–Kier alpha value is -1.55. The van der Waals surface area contributed by atoms with Crippen LogP contribution in [0.3, 0.4) is 0 Å². The van der Waals surface area contributed by atoms with Crippen LogP contribution in [0.25, 0.3) is 0 Å². The van der Waals surface area contributed by atoms with Crippen LogP contribution < -0.4 is 9.47 Å². The lowest BCUT2D eigenvalue weighted by Crippen LogP contribution is -2.15. The second kappa shape index (κ2) is 6.03. The molecule has 0 aromatic heterocycles. The molecule has 0 amide bonds. The molecule has 0 saturated heterocycles. The van der Waals surface area contributed by atoms with E-state index in [0.717, 1.165) is 0 Å². The number of esters is 1. The summed E-state index contributed by atoms with van der Waals surface area (Å²) in [5.74, 6) is 0.695. The average Bonchev–Trinajstić information content (AvgIpc) is 2.26. The summed E-state index contributed by atoms with van der Waals surface area (Å²) in [5, 5.41) is 0. The first-order chi connectivity index (χ1) is 7.26. The third-order valence-electron chi connectivity index (χ3n) is 1.70. The van der Waals surface area contributed by atoms with Gasteiger partial charge in [-0.2, -0.15) is 0 Å². The standard InChI is InChI=1S/C11H14O4/c1-3-14-8-11(12)15-10-6-4-5-9(7-10)13-2/h4-7H,3,8H2,1-2H3.